The third kappa shape index (κ3) is 3.23. The average molecular weight is 267 g/mol. The Morgan fingerprint density at radius 2 is 2.21 bits per heavy atom. The van der Waals surface area contributed by atoms with Crippen molar-refractivity contribution in [2.45, 2.75) is 32.2 Å². The molecule has 1 saturated heterocycles. The van der Waals surface area contributed by atoms with Gasteiger partial charge in [0.2, 0.25) is 12.1 Å². The first-order chi connectivity index (χ1) is 9.11. The molecule has 1 aliphatic rings. The zero-order valence-corrected chi connectivity index (χ0v) is 11.5. The number of hydrogen-bond donors (Lipinski definition) is 1. The lowest BCUT2D eigenvalue weighted by atomic mass is 10.0. The number of anilines is 1. The van der Waals surface area contributed by atoms with Crippen LogP contribution in [0.3, 0.4) is 0 Å². The van der Waals surface area contributed by atoms with Gasteiger partial charge in [0.05, 0.1) is 0 Å². The van der Waals surface area contributed by atoms with Gasteiger partial charge in [-0.25, -0.2) is 0 Å². The van der Waals surface area contributed by atoms with Crippen LogP contribution in [0, 0.1) is 10.1 Å². The lowest BCUT2D eigenvalue weighted by Crippen LogP contribution is -2.39. The Balaban J connectivity index is 1.96. The van der Waals surface area contributed by atoms with E-state index in [0.717, 1.165) is 32.5 Å². The Morgan fingerprint density at radius 3 is 2.79 bits per heavy atom. The van der Waals surface area contributed by atoms with Crippen molar-refractivity contribution < 1.29 is 4.92 Å². The van der Waals surface area contributed by atoms with Crippen molar-refractivity contribution in [3.63, 3.8) is 0 Å². The molecule has 0 aliphatic carbocycles. The van der Waals surface area contributed by atoms with Crippen LogP contribution in [0.1, 0.15) is 26.2 Å². The Bertz CT molecular complexity index is 437. The largest absolute Gasteiger partial charge is 0.406 e. The smallest absolute Gasteiger partial charge is 0.361 e. The van der Waals surface area contributed by atoms with Gasteiger partial charge < -0.3 is 20.3 Å². The minimum atomic E-state index is -0.436. The maximum absolute atomic E-state index is 10.9. The van der Waals surface area contributed by atoms with Crippen molar-refractivity contribution in [3.8, 4) is 0 Å². The van der Waals surface area contributed by atoms with Gasteiger partial charge in [0, 0.05) is 26.2 Å². The number of nitrogens with zero attached hydrogens (tertiary/aromatic N) is 4. The molecule has 7 heteroatoms. The molecule has 1 N–H and O–H groups in total. The number of imidazole rings is 1. The molecule has 19 heavy (non-hydrogen) atoms. The Kier molecular flexibility index (Phi) is 4.36. The van der Waals surface area contributed by atoms with E-state index in [9.17, 15) is 10.1 Å². The Labute approximate surface area is 112 Å². The summed E-state index contributed by atoms with van der Waals surface area (Å²) < 4.78 is 1.68. The Hall–Kier alpha value is -1.63. The van der Waals surface area contributed by atoms with Crippen molar-refractivity contribution in [1.29, 1.82) is 0 Å². The zero-order valence-electron chi connectivity index (χ0n) is 11.5. The third-order valence-electron chi connectivity index (χ3n) is 3.56. The van der Waals surface area contributed by atoms with Crippen molar-refractivity contribution in [2.24, 2.45) is 7.05 Å². The van der Waals surface area contributed by atoms with E-state index in [4.69, 9.17) is 0 Å². The number of piperidine rings is 1. The molecule has 0 bridgehead atoms. The van der Waals surface area contributed by atoms with Crippen LogP contribution in [0.15, 0.2) is 6.33 Å². The fourth-order valence-electron chi connectivity index (χ4n) is 2.53. The molecular formula is C12H21N5O2. The van der Waals surface area contributed by atoms with Gasteiger partial charge in [0.25, 0.3) is 0 Å². The summed E-state index contributed by atoms with van der Waals surface area (Å²) in [4.78, 5) is 16.7. The predicted octanol–water partition coefficient (Wildman–Crippen LogP) is 1.61. The lowest BCUT2D eigenvalue weighted by molar-refractivity contribution is -0.388. The minimum Gasteiger partial charge on any atom is -0.361 e. The molecule has 0 spiro atoms. The monoisotopic (exact) mass is 267 g/mol. The Morgan fingerprint density at radius 1 is 1.53 bits per heavy atom. The summed E-state index contributed by atoms with van der Waals surface area (Å²) in [5.74, 6) is 0.428. The van der Waals surface area contributed by atoms with E-state index >= 15 is 0 Å². The highest BCUT2D eigenvalue weighted by Gasteiger charge is 2.25. The van der Waals surface area contributed by atoms with Gasteiger partial charge in [0.15, 0.2) is 0 Å². The highest BCUT2D eigenvalue weighted by Crippen LogP contribution is 2.24. The molecule has 0 aromatic carbocycles. The van der Waals surface area contributed by atoms with Gasteiger partial charge in [-0.05, 0) is 35.7 Å². The van der Waals surface area contributed by atoms with Crippen LogP contribution in [-0.2, 0) is 7.05 Å². The van der Waals surface area contributed by atoms with Crippen LogP contribution in [0.5, 0.6) is 0 Å². The molecule has 1 aromatic heterocycles. The van der Waals surface area contributed by atoms with E-state index in [0.29, 0.717) is 11.9 Å². The first kappa shape index (κ1) is 13.8. The quantitative estimate of drug-likeness (QED) is 0.648. The number of likely N-dealkylation sites (tertiary alicyclic amines) is 1. The van der Waals surface area contributed by atoms with Gasteiger partial charge in [-0.2, -0.15) is 0 Å². The molecule has 1 aliphatic heterocycles. The molecule has 0 atom stereocenters. The summed E-state index contributed by atoms with van der Waals surface area (Å²) in [7, 11) is 1.77. The van der Waals surface area contributed by atoms with Gasteiger partial charge >= 0.3 is 5.82 Å². The fourth-order valence-corrected chi connectivity index (χ4v) is 2.53. The van der Waals surface area contributed by atoms with E-state index in [1.165, 1.54) is 12.7 Å². The molecule has 7 nitrogen and oxygen atoms in total. The van der Waals surface area contributed by atoms with Crippen molar-refractivity contribution in [2.75, 3.05) is 25.0 Å². The molecule has 1 aromatic rings. The zero-order chi connectivity index (χ0) is 13.8. The van der Waals surface area contributed by atoms with Crippen LogP contribution >= 0.6 is 0 Å². The van der Waals surface area contributed by atoms with Gasteiger partial charge in [-0.15, -0.1) is 0 Å². The second kappa shape index (κ2) is 6.01. The first-order valence-electron chi connectivity index (χ1n) is 6.76. The maximum Gasteiger partial charge on any atom is 0.406 e. The number of nitrogens with one attached hydrogen (secondary N) is 1. The maximum atomic E-state index is 10.9. The van der Waals surface area contributed by atoms with Crippen molar-refractivity contribution in [1.82, 2.24) is 14.5 Å². The number of aromatic nitrogens is 2. The molecule has 2 heterocycles. The fraction of sp³-hybridized carbons (Fsp3) is 0.750. The van der Waals surface area contributed by atoms with E-state index in [-0.39, 0.29) is 5.82 Å². The molecule has 1 fully saturated rings. The SMILES string of the molecule is CCCN1CCC(Nc2c([N+](=O)[O-])ncn2C)CC1. The van der Waals surface area contributed by atoms with Crippen LogP contribution in [0.4, 0.5) is 11.6 Å². The standard InChI is InChI=1S/C12H21N5O2/c1-3-6-16-7-4-10(5-8-16)14-12-11(17(18)19)13-9-15(12)2/h9-10,14H,3-8H2,1-2H3. The topological polar surface area (TPSA) is 76.2 Å². The van der Waals surface area contributed by atoms with Crippen LogP contribution < -0.4 is 5.32 Å². The van der Waals surface area contributed by atoms with E-state index in [1.54, 1.807) is 11.6 Å². The summed E-state index contributed by atoms with van der Waals surface area (Å²) in [5, 5.41) is 14.2. The summed E-state index contributed by atoms with van der Waals surface area (Å²) in [6, 6.07) is 0.294. The molecular weight excluding hydrogens is 246 g/mol. The minimum absolute atomic E-state index is 0.0847. The summed E-state index contributed by atoms with van der Waals surface area (Å²) in [5.41, 5.74) is 0. The molecule has 106 valence electrons. The molecule has 0 radical (unpaired) electrons. The summed E-state index contributed by atoms with van der Waals surface area (Å²) in [6.07, 6.45) is 4.68. The highest BCUT2D eigenvalue weighted by molar-refractivity contribution is 5.52. The van der Waals surface area contributed by atoms with Gasteiger partial charge in [-0.3, -0.25) is 4.57 Å². The lowest BCUT2D eigenvalue weighted by Gasteiger charge is -2.32. The third-order valence-corrected chi connectivity index (χ3v) is 3.56. The predicted molar refractivity (Wildman–Crippen MR) is 73.2 cm³/mol. The normalized spacial score (nSPS) is 17.6. The second-order valence-corrected chi connectivity index (χ2v) is 5.05. The first-order valence-corrected chi connectivity index (χ1v) is 6.76. The number of hydrogen-bond acceptors (Lipinski definition) is 5. The van der Waals surface area contributed by atoms with Crippen LogP contribution in [-0.4, -0.2) is 45.1 Å². The molecule has 0 unspecified atom stereocenters. The van der Waals surface area contributed by atoms with Crippen molar-refractivity contribution in [3.05, 3.63) is 16.4 Å². The molecule has 2 rings (SSSR count). The summed E-state index contributed by atoms with van der Waals surface area (Å²) >= 11 is 0. The highest BCUT2D eigenvalue weighted by atomic mass is 16.6. The number of rotatable bonds is 5. The van der Waals surface area contributed by atoms with Gasteiger partial charge in [-0.1, -0.05) is 6.92 Å². The number of nitro groups is 1. The van der Waals surface area contributed by atoms with E-state index in [2.05, 4.69) is 22.1 Å². The number of aryl methyl sites for hydroxylation is 1. The van der Waals surface area contributed by atoms with Crippen LogP contribution in [0.2, 0.25) is 0 Å². The van der Waals surface area contributed by atoms with E-state index in [1.807, 2.05) is 0 Å². The molecule has 0 amide bonds. The van der Waals surface area contributed by atoms with Gasteiger partial charge in [0.1, 0.15) is 0 Å². The molecule has 0 saturated carbocycles. The summed E-state index contributed by atoms with van der Waals surface area (Å²) in [6.45, 7) is 5.43. The van der Waals surface area contributed by atoms with Crippen molar-refractivity contribution >= 4 is 11.6 Å². The second-order valence-electron chi connectivity index (χ2n) is 5.05. The average Bonchev–Trinajstić information content (AvgIpc) is 2.74. The van der Waals surface area contributed by atoms with Crippen LogP contribution in [0.25, 0.3) is 0 Å². The van der Waals surface area contributed by atoms with E-state index < -0.39 is 4.92 Å².